The van der Waals surface area contributed by atoms with E-state index in [-0.39, 0.29) is 12.5 Å². The van der Waals surface area contributed by atoms with Crippen molar-refractivity contribution in [3.05, 3.63) is 17.0 Å². The first-order valence-corrected chi connectivity index (χ1v) is 8.07. The van der Waals surface area contributed by atoms with Crippen molar-refractivity contribution in [2.45, 2.75) is 58.6 Å². The summed E-state index contributed by atoms with van der Waals surface area (Å²) in [6, 6.07) is -0.395. The van der Waals surface area contributed by atoms with Crippen molar-refractivity contribution in [1.82, 2.24) is 20.4 Å². The molecule has 1 fully saturated rings. The van der Waals surface area contributed by atoms with Gasteiger partial charge >= 0.3 is 12.0 Å². The Labute approximate surface area is 140 Å². The van der Waals surface area contributed by atoms with Crippen LogP contribution in [0.1, 0.15) is 43.1 Å². The highest BCUT2D eigenvalue weighted by molar-refractivity contribution is 5.97. The van der Waals surface area contributed by atoms with Gasteiger partial charge in [0.2, 0.25) is 0 Å². The van der Waals surface area contributed by atoms with E-state index in [2.05, 4.69) is 15.7 Å². The Morgan fingerprint density at radius 1 is 1.33 bits per heavy atom. The molecule has 1 aliphatic rings. The van der Waals surface area contributed by atoms with E-state index in [0.717, 1.165) is 29.8 Å². The van der Waals surface area contributed by atoms with Gasteiger partial charge in [-0.25, -0.2) is 4.79 Å². The maximum Gasteiger partial charge on any atom is 0.321 e. The molecule has 0 saturated heterocycles. The molecule has 1 unspecified atom stereocenters. The first-order chi connectivity index (χ1) is 11.3. The van der Waals surface area contributed by atoms with Crippen molar-refractivity contribution in [2.75, 3.05) is 0 Å². The van der Waals surface area contributed by atoms with Gasteiger partial charge in [0.05, 0.1) is 5.69 Å². The van der Waals surface area contributed by atoms with Crippen LogP contribution in [-0.2, 0) is 27.8 Å². The number of hydrogen-bond donors (Lipinski definition) is 2. The van der Waals surface area contributed by atoms with Crippen molar-refractivity contribution in [1.29, 1.82) is 0 Å². The SMILES string of the molecule is Cc1nn(C)c(C)c1CCC(=O)OC(C)C(=O)NC(=O)NC1CC1. The van der Waals surface area contributed by atoms with E-state index in [1.807, 2.05) is 20.9 Å². The van der Waals surface area contributed by atoms with Crippen LogP contribution in [0.4, 0.5) is 4.79 Å². The fourth-order valence-corrected chi connectivity index (χ4v) is 2.38. The first-order valence-electron chi connectivity index (χ1n) is 8.07. The zero-order valence-corrected chi connectivity index (χ0v) is 14.5. The van der Waals surface area contributed by atoms with Crippen LogP contribution in [-0.4, -0.2) is 39.8 Å². The predicted octanol–water partition coefficient (Wildman–Crippen LogP) is 0.889. The summed E-state index contributed by atoms with van der Waals surface area (Å²) in [5.74, 6) is -1.11. The Kier molecular flexibility index (Phi) is 5.58. The number of aromatic nitrogens is 2. The van der Waals surface area contributed by atoms with E-state index in [1.165, 1.54) is 6.92 Å². The molecule has 0 aromatic carbocycles. The number of nitrogens with one attached hydrogen (secondary N) is 2. The molecular formula is C16H24N4O4. The number of urea groups is 1. The van der Waals surface area contributed by atoms with Crippen LogP contribution in [0, 0.1) is 13.8 Å². The fourth-order valence-electron chi connectivity index (χ4n) is 2.38. The predicted molar refractivity (Wildman–Crippen MR) is 86.3 cm³/mol. The van der Waals surface area contributed by atoms with Gasteiger partial charge in [-0.15, -0.1) is 0 Å². The third-order valence-electron chi connectivity index (χ3n) is 4.06. The van der Waals surface area contributed by atoms with Crippen LogP contribution >= 0.6 is 0 Å². The molecule has 2 N–H and O–H groups in total. The number of esters is 1. The van der Waals surface area contributed by atoms with E-state index < -0.39 is 24.0 Å². The molecule has 1 aromatic rings. The van der Waals surface area contributed by atoms with E-state index >= 15 is 0 Å². The number of nitrogens with zero attached hydrogens (tertiary/aromatic N) is 2. The molecule has 3 amide bonds. The zero-order valence-electron chi connectivity index (χ0n) is 14.5. The number of imide groups is 1. The lowest BCUT2D eigenvalue weighted by Gasteiger charge is -2.13. The summed E-state index contributed by atoms with van der Waals surface area (Å²) in [7, 11) is 1.85. The second-order valence-corrected chi connectivity index (χ2v) is 6.14. The molecule has 0 spiro atoms. The molecule has 1 atom stereocenters. The Hall–Kier alpha value is -2.38. The van der Waals surface area contributed by atoms with Gasteiger partial charge < -0.3 is 10.1 Å². The van der Waals surface area contributed by atoms with Crippen molar-refractivity contribution >= 4 is 17.9 Å². The van der Waals surface area contributed by atoms with Crippen LogP contribution in [0.5, 0.6) is 0 Å². The second-order valence-electron chi connectivity index (χ2n) is 6.14. The zero-order chi connectivity index (χ0) is 17.9. The lowest BCUT2D eigenvalue weighted by atomic mass is 10.1. The van der Waals surface area contributed by atoms with Crippen LogP contribution < -0.4 is 10.6 Å². The van der Waals surface area contributed by atoms with Crippen LogP contribution in [0.3, 0.4) is 0 Å². The van der Waals surface area contributed by atoms with Crippen LogP contribution in [0.2, 0.25) is 0 Å². The monoisotopic (exact) mass is 336 g/mol. The highest BCUT2D eigenvalue weighted by atomic mass is 16.5. The summed E-state index contributed by atoms with van der Waals surface area (Å²) in [4.78, 5) is 35.2. The quantitative estimate of drug-likeness (QED) is 0.751. The van der Waals surface area contributed by atoms with Crippen molar-refractivity contribution in [3.8, 4) is 0 Å². The molecule has 8 nitrogen and oxygen atoms in total. The van der Waals surface area contributed by atoms with Gasteiger partial charge in [-0.3, -0.25) is 19.6 Å². The Morgan fingerprint density at radius 2 is 2.00 bits per heavy atom. The van der Waals surface area contributed by atoms with Gasteiger partial charge in [0.25, 0.3) is 5.91 Å². The van der Waals surface area contributed by atoms with Crippen LogP contribution in [0.25, 0.3) is 0 Å². The summed E-state index contributed by atoms with van der Waals surface area (Å²) in [6.07, 6.45) is 1.50. The molecule has 132 valence electrons. The topological polar surface area (TPSA) is 102 Å². The Balaban J connectivity index is 1.76. The summed E-state index contributed by atoms with van der Waals surface area (Å²) in [5, 5.41) is 9.10. The average molecular weight is 336 g/mol. The molecule has 2 rings (SSSR count). The molecule has 24 heavy (non-hydrogen) atoms. The van der Waals surface area contributed by atoms with E-state index in [9.17, 15) is 14.4 Å². The first kappa shape index (κ1) is 18.0. The van der Waals surface area contributed by atoms with Gasteiger partial charge in [0.15, 0.2) is 6.10 Å². The van der Waals surface area contributed by atoms with E-state index in [1.54, 1.807) is 4.68 Å². The third kappa shape index (κ3) is 4.81. The number of rotatable bonds is 6. The summed E-state index contributed by atoms with van der Waals surface area (Å²) in [5.41, 5.74) is 2.89. The number of ether oxygens (including phenoxy) is 1. The minimum absolute atomic E-state index is 0.152. The molecule has 1 aliphatic carbocycles. The fraction of sp³-hybridized carbons (Fsp3) is 0.625. The second kappa shape index (κ2) is 7.46. The summed E-state index contributed by atoms with van der Waals surface area (Å²) in [6.45, 7) is 5.27. The minimum atomic E-state index is -1.02. The van der Waals surface area contributed by atoms with Gasteiger partial charge in [-0.05, 0) is 45.6 Å². The van der Waals surface area contributed by atoms with Crippen molar-refractivity contribution in [3.63, 3.8) is 0 Å². The molecule has 1 saturated carbocycles. The third-order valence-corrected chi connectivity index (χ3v) is 4.06. The number of amides is 3. The van der Waals surface area contributed by atoms with Crippen LogP contribution in [0.15, 0.2) is 0 Å². The lowest BCUT2D eigenvalue weighted by molar-refractivity contribution is -0.154. The highest BCUT2D eigenvalue weighted by Gasteiger charge is 2.26. The summed E-state index contributed by atoms with van der Waals surface area (Å²) >= 11 is 0. The average Bonchev–Trinajstić information content (AvgIpc) is 3.26. The number of hydrogen-bond acceptors (Lipinski definition) is 5. The largest absolute Gasteiger partial charge is 0.453 e. The molecule has 0 aliphatic heterocycles. The van der Waals surface area contributed by atoms with Crippen molar-refractivity contribution in [2.24, 2.45) is 7.05 Å². The molecule has 1 heterocycles. The van der Waals surface area contributed by atoms with Crippen molar-refractivity contribution < 1.29 is 19.1 Å². The molecule has 8 heteroatoms. The van der Waals surface area contributed by atoms with Gasteiger partial charge in [0, 0.05) is 25.2 Å². The number of carbonyl (C=O) groups is 3. The lowest BCUT2D eigenvalue weighted by Crippen LogP contribution is -2.45. The minimum Gasteiger partial charge on any atom is -0.453 e. The Bertz CT molecular complexity index is 649. The smallest absolute Gasteiger partial charge is 0.321 e. The normalized spacial score (nSPS) is 14.8. The van der Waals surface area contributed by atoms with Gasteiger partial charge in [0.1, 0.15) is 0 Å². The molecule has 0 radical (unpaired) electrons. The Morgan fingerprint density at radius 3 is 2.54 bits per heavy atom. The highest BCUT2D eigenvalue weighted by Crippen LogP contribution is 2.18. The van der Waals surface area contributed by atoms with E-state index in [0.29, 0.717) is 6.42 Å². The maximum atomic E-state index is 11.9. The molecule has 1 aromatic heterocycles. The number of aryl methyl sites for hydroxylation is 2. The molecular weight excluding hydrogens is 312 g/mol. The van der Waals surface area contributed by atoms with Gasteiger partial charge in [-0.2, -0.15) is 5.10 Å². The molecule has 0 bridgehead atoms. The maximum absolute atomic E-state index is 11.9. The van der Waals surface area contributed by atoms with Gasteiger partial charge in [-0.1, -0.05) is 0 Å². The standard InChI is InChI=1S/C16H24N4O4/c1-9-13(10(2)20(4)19-9)7-8-14(21)24-11(3)15(22)18-16(23)17-12-5-6-12/h11-12H,5-8H2,1-4H3,(H2,17,18,22,23). The summed E-state index contributed by atoms with van der Waals surface area (Å²) < 4.78 is 6.85. The number of carbonyl (C=O) groups excluding carboxylic acids is 3. The van der Waals surface area contributed by atoms with E-state index in [4.69, 9.17) is 4.74 Å².